The Morgan fingerprint density at radius 3 is 2.86 bits per heavy atom. The molecule has 1 saturated carbocycles. The average molecular weight is 301 g/mol. The first-order chi connectivity index (χ1) is 10.1. The minimum Gasteiger partial charge on any atom is -0.305 e. The number of pyridine rings is 1. The molecule has 0 amide bonds. The summed E-state index contributed by atoms with van der Waals surface area (Å²) >= 11 is 5.97. The molecule has 0 radical (unpaired) electrons. The van der Waals surface area contributed by atoms with Crippen molar-refractivity contribution >= 4 is 11.6 Å². The predicted octanol–water partition coefficient (Wildman–Crippen LogP) is 2.73. The number of hydrogen-bond acceptors (Lipinski definition) is 3. The van der Waals surface area contributed by atoms with E-state index in [0.717, 1.165) is 23.2 Å². The van der Waals surface area contributed by atoms with Gasteiger partial charge in [0, 0.05) is 24.5 Å². The summed E-state index contributed by atoms with van der Waals surface area (Å²) in [6.45, 7) is 0.785. The van der Waals surface area contributed by atoms with E-state index in [1.165, 1.54) is 12.8 Å². The van der Waals surface area contributed by atoms with Crippen molar-refractivity contribution in [1.29, 1.82) is 0 Å². The lowest BCUT2D eigenvalue weighted by atomic mass is 10.1. The summed E-state index contributed by atoms with van der Waals surface area (Å²) in [6, 6.07) is 2.46. The molecule has 0 N–H and O–H groups in total. The molecule has 2 aromatic rings. The molecule has 0 bridgehead atoms. The summed E-state index contributed by atoms with van der Waals surface area (Å²) in [4.78, 5) is 6.21. The fourth-order valence-electron chi connectivity index (χ4n) is 2.13. The lowest BCUT2D eigenvalue weighted by Gasteiger charge is -2.11. The van der Waals surface area contributed by atoms with Crippen LogP contribution in [0.2, 0.25) is 5.15 Å². The largest absolute Gasteiger partial charge is 0.305 e. The zero-order chi connectivity index (χ0) is 14.8. The molecule has 0 aliphatic heterocycles. The Labute approximate surface area is 129 Å². The van der Waals surface area contributed by atoms with Gasteiger partial charge in [0.05, 0.1) is 17.8 Å². The van der Waals surface area contributed by atoms with Gasteiger partial charge in [0.1, 0.15) is 5.15 Å². The van der Waals surface area contributed by atoms with E-state index in [4.69, 9.17) is 11.6 Å². The Balaban J connectivity index is 1.84. The summed E-state index contributed by atoms with van der Waals surface area (Å²) < 4.78 is 2.00. The van der Waals surface area contributed by atoms with Gasteiger partial charge in [-0.1, -0.05) is 23.4 Å². The number of aromatic nitrogens is 3. The van der Waals surface area contributed by atoms with Crippen molar-refractivity contribution in [2.24, 2.45) is 0 Å². The van der Waals surface area contributed by atoms with Crippen molar-refractivity contribution in [3.63, 3.8) is 0 Å². The third-order valence-electron chi connectivity index (χ3n) is 3.31. The fourth-order valence-corrected chi connectivity index (χ4v) is 2.31. The highest BCUT2D eigenvalue weighted by molar-refractivity contribution is 6.29. The third-order valence-corrected chi connectivity index (χ3v) is 3.51. The van der Waals surface area contributed by atoms with E-state index in [-0.39, 0.29) is 0 Å². The summed E-state index contributed by atoms with van der Waals surface area (Å²) in [5, 5.41) is 4.84. The van der Waals surface area contributed by atoms with Gasteiger partial charge in [-0.25, -0.2) is 4.98 Å². The molecule has 21 heavy (non-hydrogen) atoms. The van der Waals surface area contributed by atoms with Crippen LogP contribution in [0.25, 0.3) is 0 Å². The summed E-state index contributed by atoms with van der Waals surface area (Å²) in [5.41, 5.74) is 2.93. The molecule has 5 heteroatoms. The smallest absolute Gasteiger partial charge is 0.129 e. The van der Waals surface area contributed by atoms with Gasteiger partial charge in [-0.3, -0.25) is 4.68 Å². The van der Waals surface area contributed by atoms with Crippen LogP contribution in [0.15, 0.2) is 24.7 Å². The molecule has 1 fully saturated rings. The molecule has 0 saturated heterocycles. The molecule has 0 unspecified atom stereocenters. The second-order valence-corrected chi connectivity index (χ2v) is 5.98. The van der Waals surface area contributed by atoms with Crippen LogP contribution in [-0.4, -0.2) is 33.8 Å². The average Bonchev–Trinajstić information content (AvgIpc) is 3.17. The summed E-state index contributed by atoms with van der Waals surface area (Å²) in [7, 11) is 4.04. The monoisotopic (exact) mass is 300 g/mol. The molecular formula is C16H17ClN4. The van der Waals surface area contributed by atoms with E-state index in [1.807, 2.05) is 37.2 Å². The molecule has 2 aromatic heterocycles. The molecule has 108 valence electrons. The second kappa shape index (κ2) is 5.88. The number of hydrogen-bond donors (Lipinski definition) is 0. The van der Waals surface area contributed by atoms with Gasteiger partial charge in [-0.15, -0.1) is 0 Å². The van der Waals surface area contributed by atoms with E-state index in [9.17, 15) is 0 Å². The van der Waals surface area contributed by atoms with Crippen LogP contribution >= 0.6 is 11.6 Å². The summed E-state index contributed by atoms with van der Waals surface area (Å²) in [6.07, 6.45) is 8.02. The van der Waals surface area contributed by atoms with E-state index < -0.39 is 0 Å². The topological polar surface area (TPSA) is 34.0 Å². The highest BCUT2D eigenvalue weighted by Gasteiger charge is 2.23. The van der Waals surface area contributed by atoms with Crippen molar-refractivity contribution in [2.75, 3.05) is 14.1 Å². The highest BCUT2D eigenvalue weighted by atomic mass is 35.5. The first-order valence-corrected chi connectivity index (χ1v) is 7.35. The Morgan fingerprint density at radius 1 is 1.33 bits per heavy atom. The second-order valence-electron chi connectivity index (χ2n) is 5.59. The van der Waals surface area contributed by atoms with Crippen LogP contribution in [0.4, 0.5) is 0 Å². The van der Waals surface area contributed by atoms with Crippen molar-refractivity contribution in [3.8, 4) is 11.8 Å². The van der Waals surface area contributed by atoms with Crippen LogP contribution in [0.5, 0.6) is 0 Å². The van der Waals surface area contributed by atoms with E-state index in [2.05, 4.69) is 26.8 Å². The molecule has 2 heterocycles. The Hall–Kier alpha value is -1.83. The highest BCUT2D eigenvalue weighted by Crippen LogP contribution is 2.33. The van der Waals surface area contributed by atoms with Crippen molar-refractivity contribution in [1.82, 2.24) is 19.7 Å². The lowest BCUT2D eigenvalue weighted by molar-refractivity contribution is 0.402. The maximum atomic E-state index is 5.97. The van der Waals surface area contributed by atoms with Gasteiger partial charge in [0.25, 0.3) is 0 Å². The van der Waals surface area contributed by atoms with E-state index in [1.54, 1.807) is 6.20 Å². The third kappa shape index (κ3) is 3.63. The SMILES string of the molecule is CN(C)Cc1cc(Cl)ncc1C#Cc1cnn(C2CC2)c1. The van der Waals surface area contributed by atoms with Gasteiger partial charge < -0.3 is 4.90 Å². The van der Waals surface area contributed by atoms with Crippen molar-refractivity contribution in [2.45, 2.75) is 25.4 Å². The molecule has 0 spiro atoms. The number of halogens is 1. The molecule has 4 nitrogen and oxygen atoms in total. The normalized spacial score (nSPS) is 14.1. The zero-order valence-electron chi connectivity index (χ0n) is 12.2. The van der Waals surface area contributed by atoms with Crippen molar-refractivity contribution in [3.05, 3.63) is 46.5 Å². The van der Waals surface area contributed by atoms with Crippen LogP contribution in [0, 0.1) is 11.8 Å². The maximum absolute atomic E-state index is 5.97. The van der Waals surface area contributed by atoms with Crippen LogP contribution in [0.1, 0.15) is 35.6 Å². The van der Waals surface area contributed by atoms with E-state index in [0.29, 0.717) is 11.2 Å². The molecule has 1 aliphatic carbocycles. The van der Waals surface area contributed by atoms with E-state index >= 15 is 0 Å². The Kier molecular flexibility index (Phi) is 3.96. The first kappa shape index (κ1) is 14.1. The Morgan fingerprint density at radius 2 is 2.14 bits per heavy atom. The molecule has 1 aliphatic rings. The lowest BCUT2D eigenvalue weighted by Crippen LogP contribution is -2.12. The molecule has 0 aromatic carbocycles. The number of nitrogens with zero attached hydrogens (tertiary/aromatic N) is 4. The van der Waals surface area contributed by atoms with Gasteiger partial charge >= 0.3 is 0 Å². The van der Waals surface area contributed by atoms with Gasteiger partial charge in [-0.2, -0.15) is 5.10 Å². The van der Waals surface area contributed by atoms with Crippen molar-refractivity contribution < 1.29 is 0 Å². The minimum absolute atomic E-state index is 0.499. The Bertz CT molecular complexity index is 705. The molecule has 3 rings (SSSR count). The molecular weight excluding hydrogens is 284 g/mol. The predicted molar refractivity (Wildman–Crippen MR) is 83.1 cm³/mol. The number of rotatable bonds is 3. The standard InChI is InChI=1S/C16H17ClN4/c1-20(2)11-14-7-16(17)18-9-13(14)4-3-12-8-19-21(10-12)15-5-6-15/h7-10,15H,5-6,11H2,1-2H3. The first-order valence-electron chi connectivity index (χ1n) is 6.97. The van der Waals surface area contributed by atoms with Gasteiger partial charge in [0.2, 0.25) is 0 Å². The van der Waals surface area contributed by atoms with Gasteiger partial charge in [-0.05, 0) is 38.6 Å². The van der Waals surface area contributed by atoms with Crippen LogP contribution in [0.3, 0.4) is 0 Å². The quantitative estimate of drug-likeness (QED) is 0.645. The fraction of sp³-hybridized carbons (Fsp3) is 0.375. The zero-order valence-corrected chi connectivity index (χ0v) is 12.9. The minimum atomic E-state index is 0.499. The molecule has 0 atom stereocenters. The maximum Gasteiger partial charge on any atom is 0.129 e. The van der Waals surface area contributed by atoms with Crippen LogP contribution in [-0.2, 0) is 6.54 Å². The summed E-state index contributed by atoms with van der Waals surface area (Å²) in [5.74, 6) is 6.35. The van der Waals surface area contributed by atoms with Gasteiger partial charge in [0.15, 0.2) is 0 Å². The van der Waals surface area contributed by atoms with Crippen LogP contribution < -0.4 is 0 Å².